The number of hydrogen-bond donors (Lipinski definition) is 1. The van der Waals surface area contributed by atoms with E-state index in [4.69, 9.17) is 4.98 Å². The Balaban J connectivity index is 1.35. The number of aromatic nitrogens is 3. The van der Waals surface area contributed by atoms with Crippen LogP contribution in [0.25, 0.3) is 32.9 Å². The van der Waals surface area contributed by atoms with Crippen LogP contribution in [0.1, 0.15) is 16.8 Å². The summed E-state index contributed by atoms with van der Waals surface area (Å²) >= 11 is 1.69. The largest absolute Gasteiger partial charge is 0.354 e. The summed E-state index contributed by atoms with van der Waals surface area (Å²) in [6.45, 7) is 2.76. The van der Waals surface area contributed by atoms with Crippen LogP contribution in [0, 0.1) is 0 Å². The van der Waals surface area contributed by atoms with E-state index < -0.39 is 0 Å². The summed E-state index contributed by atoms with van der Waals surface area (Å²) in [6.07, 6.45) is 3.01. The topological polar surface area (TPSA) is 44.8 Å². The van der Waals surface area contributed by atoms with Gasteiger partial charge in [0.1, 0.15) is 0 Å². The lowest BCUT2D eigenvalue weighted by Gasteiger charge is -2.28. The first-order valence-electron chi connectivity index (χ1n) is 10.6. The molecule has 4 heterocycles. The number of rotatable bonds is 4. The van der Waals surface area contributed by atoms with Gasteiger partial charge in [-0.25, -0.2) is 9.97 Å². The van der Waals surface area contributed by atoms with Crippen LogP contribution in [-0.2, 0) is 19.5 Å². The van der Waals surface area contributed by atoms with Gasteiger partial charge in [-0.3, -0.25) is 4.90 Å². The maximum Gasteiger partial charge on any atom is 0.169 e. The van der Waals surface area contributed by atoms with E-state index in [-0.39, 0.29) is 0 Å². The van der Waals surface area contributed by atoms with E-state index in [1.54, 1.807) is 11.3 Å². The van der Waals surface area contributed by atoms with Crippen LogP contribution in [0.5, 0.6) is 0 Å². The van der Waals surface area contributed by atoms with Gasteiger partial charge in [-0.15, -0.1) is 11.3 Å². The first kappa shape index (κ1) is 18.5. The van der Waals surface area contributed by atoms with Gasteiger partial charge in [-0.1, -0.05) is 54.6 Å². The van der Waals surface area contributed by atoms with Crippen LogP contribution >= 0.6 is 11.3 Å². The molecule has 0 spiro atoms. The number of nitrogens with zero attached hydrogens (tertiary/aromatic N) is 3. The maximum atomic E-state index is 4.93. The summed E-state index contributed by atoms with van der Waals surface area (Å²) in [6, 6.07) is 23.4. The van der Waals surface area contributed by atoms with Gasteiger partial charge in [0.25, 0.3) is 0 Å². The highest BCUT2D eigenvalue weighted by atomic mass is 32.1. The Bertz CT molecular complexity index is 1340. The van der Waals surface area contributed by atoms with Crippen molar-refractivity contribution in [2.24, 2.45) is 0 Å². The second-order valence-corrected chi connectivity index (χ2v) is 8.94. The van der Waals surface area contributed by atoms with Crippen LogP contribution in [0.4, 0.5) is 0 Å². The third kappa shape index (κ3) is 3.46. The van der Waals surface area contributed by atoms with E-state index in [1.807, 2.05) is 6.20 Å². The number of H-pyrrole nitrogens is 1. The van der Waals surface area contributed by atoms with Gasteiger partial charge in [-0.2, -0.15) is 0 Å². The van der Waals surface area contributed by atoms with Gasteiger partial charge >= 0.3 is 0 Å². The summed E-state index contributed by atoms with van der Waals surface area (Å²) in [7, 11) is 0. The predicted octanol–water partition coefficient (Wildman–Crippen LogP) is 5.91. The average molecular weight is 423 g/mol. The summed E-state index contributed by atoms with van der Waals surface area (Å²) in [5.74, 6) is 0.840. The minimum absolute atomic E-state index is 0.840. The summed E-state index contributed by atoms with van der Waals surface area (Å²) in [5.41, 5.74) is 7.43. The molecule has 0 saturated heterocycles. The molecule has 3 aromatic heterocycles. The molecule has 0 radical (unpaired) electrons. The molecule has 4 nitrogen and oxygen atoms in total. The number of para-hydroxylation sites is 1. The number of fused-ring (bicyclic) bond motifs is 2. The van der Waals surface area contributed by atoms with Gasteiger partial charge in [0, 0.05) is 36.7 Å². The first-order valence-corrected chi connectivity index (χ1v) is 11.5. The van der Waals surface area contributed by atoms with Gasteiger partial charge in [0.15, 0.2) is 5.82 Å². The van der Waals surface area contributed by atoms with E-state index in [1.165, 1.54) is 33.3 Å². The van der Waals surface area contributed by atoms with Gasteiger partial charge in [-0.05, 0) is 40.6 Å². The standard InChI is InChI=1S/C26H22N4S/c1-2-7-18(8-3-1)25-21(20-9-4-5-10-22(20)28-25)16-30-13-12-19-15-27-26(29-23(19)17-30)24-11-6-14-31-24/h1-11,14-15,28H,12-13,16-17H2. The fourth-order valence-electron chi connectivity index (χ4n) is 4.46. The average Bonchev–Trinajstić information content (AvgIpc) is 3.48. The molecule has 31 heavy (non-hydrogen) atoms. The molecular formula is C26H22N4S. The molecule has 1 aliphatic rings. The minimum atomic E-state index is 0.840. The van der Waals surface area contributed by atoms with E-state index >= 15 is 0 Å². The number of benzene rings is 2. The van der Waals surface area contributed by atoms with E-state index in [0.29, 0.717) is 0 Å². The van der Waals surface area contributed by atoms with E-state index in [9.17, 15) is 0 Å². The highest BCUT2D eigenvalue weighted by molar-refractivity contribution is 7.13. The second kappa shape index (κ2) is 7.76. The molecule has 0 saturated carbocycles. The van der Waals surface area contributed by atoms with Crippen LogP contribution in [0.2, 0.25) is 0 Å². The van der Waals surface area contributed by atoms with Crippen molar-refractivity contribution in [2.75, 3.05) is 6.54 Å². The van der Waals surface area contributed by atoms with Crippen molar-refractivity contribution in [3.05, 3.63) is 95.1 Å². The molecule has 2 aromatic carbocycles. The number of thiophene rings is 1. The monoisotopic (exact) mass is 422 g/mol. The Kier molecular flexibility index (Phi) is 4.63. The summed E-state index contributed by atoms with van der Waals surface area (Å²) < 4.78 is 0. The number of aromatic amines is 1. The van der Waals surface area contributed by atoms with E-state index in [0.717, 1.165) is 42.5 Å². The van der Waals surface area contributed by atoms with Crippen molar-refractivity contribution >= 4 is 22.2 Å². The smallest absolute Gasteiger partial charge is 0.169 e. The molecular weight excluding hydrogens is 400 g/mol. The Hall–Kier alpha value is -3.28. The molecule has 0 unspecified atom stereocenters. The normalized spacial score (nSPS) is 14.1. The second-order valence-electron chi connectivity index (χ2n) is 7.99. The Morgan fingerprint density at radius 1 is 0.968 bits per heavy atom. The lowest BCUT2D eigenvalue weighted by Crippen LogP contribution is -2.31. The molecule has 1 aliphatic heterocycles. The zero-order valence-corrected chi connectivity index (χ0v) is 17.9. The van der Waals surface area contributed by atoms with Gasteiger partial charge in [0.05, 0.1) is 16.3 Å². The molecule has 5 heteroatoms. The van der Waals surface area contributed by atoms with E-state index in [2.05, 4.69) is 87.0 Å². The molecule has 0 bridgehead atoms. The number of hydrogen-bond acceptors (Lipinski definition) is 4. The van der Waals surface area contributed by atoms with Crippen LogP contribution in [-0.4, -0.2) is 26.4 Å². The van der Waals surface area contributed by atoms with Crippen molar-refractivity contribution in [1.82, 2.24) is 19.9 Å². The third-order valence-corrected chi connectivity index (χ3v) is 6.89. The van der Waals surface area contributed by atoms with Crippen LogP contribution in [0.15, 0.2) is 78.3 Å². The fourth-order valence-corrected chi connectivity index (χ4v) is 5.12. The molecule has 0 amide bonds. The van der Waals surface area contributed by atoms with Gasteiger partial charge in [0.2, 0.25) is 0 Å². The third-order valence-electron chi connectivity index (χ3n) is 6.02. The van der Waals surface area contributed by atoms with Crippen molar-refractivity contribution < 1.29 is 0 Å². The summed E-state index contributed by atoms with van der Waals surface area (Å²) in [5, 5.41) is 3.38. The molecule has 6 rings (SSSR count). The minimum Gasteiger partial charge on any atom is -0.354 e. The maximum absolute atomic E-state index is 4.93. The molecule has 1 N–H and O–H groups in total. The summed E-state index contributed by atoms with van der Waals surface area (Å²) in [4.78, 5) is 16.8. The Morgan fingerprint density at radius 3 is 2.71 bits per heavy atom. The lowest BCUT2D eigenvalue weighted by molar-refractivity contribution is 0.242. The van der Waals surface area contributed by atoms with Crippen LogP contribution < -0.4 is 0 Å². The zero-order chi connectivity index (χ0) is 20.6. The van der Waals surface area contributed by atoms with Crippen LogP contribution in [0.3, 0.4) is 0 Å². The first-order chi connectivity index (χ1) is 15.3. The Morgan fingerprint density at radius 2 is 1.84 bits per heavy atom. The molecule has 5 aromatic rings. The van der Waals surface area contributed by atoms with Crippen molar-refractivity contribution in [3.8, 4) is 22.0 Å². The molecule has 0 aliphatic carbocycles. The molecule has 0 fully saturated rings. The SMILES string of the molecule is c1ccc(-c2[nH]c3ccccc3c2CN2CCc3cnc(-c4cccs4)nc3C2)cc1. The quantitative estimate of drug-likeness (QED) is 0.391. The molecule has 152 valence electrons. The van der Waals surface area contributed by atoms with Crippen molar-refractivity contribution in [2.45, 2.75) is 19.5 Å². The van der Waals surface area contributed by atoms with Crippen molar-refractivity contribution in [3.63, 3.8) is 0 Å². The fraction of sp³-hybridized carbons (Fsp3) is 0.154. The molecule has 0 atom stereocenters. The predicted molar refractivity (Wildman–Crippen MR) is 127 cm³/mol. The highest BCUT2D eigenvalue weighted by Gasteiger charge is 2.22. The Labute approximate surface area is 185 Å². The van der Waals surface area contributed by atoms with Crippen molar-refractivity contribution in [1.29, 1.82) is 0 Å². The zero-order valence-electron chi connectivity index (χ0n) is 17.1. The van der Waals surface area contributed by atoms with Gasteiger partial charge < -0.3 is 4.98 Å². The highest BCUT2D eigenvalue weighted by Crippen LogP contribution is 2.32. The number of nitrogens with one attached hydrogen (secondary N) is 1. The lowest BCUT2D eigenvalue weighted by atomic mass is 10.0.